The quantitative estimate of drug-likeness (QED) is 0.695. The van der Waals surface area contributed by atoms with Crippen molar-refractivity contribution in [3.05, 3.63) is 66.2 Å². The molecule has 3 aromatic rings. The number of rotatable bonds is 2. The lowest BCUT2D eigenvalue weighted by atomic mass is 9.98. The van der Waals surface area contributed by atoms with Crippen molar-refractivity contribution in [3.8, 4) is 28.9 Å². The third-order valence-electron chi connectivity index (χ3n) is 4.85. The van der Waals surface area contributed by atoms with E-state index in [1.54, 1.807) is 37.4 Å². The van der Waals surface area contributed by atoms with Crippen LogP contribution in [0.3, 0.4) is 0 Å². The Morgan fingerprint density at radius 2 is 2.00 bits per heavy atom. The lowest BCUT2D eigenvalue weighted by Crippen LogP contribution is -2.55. The number of hydrogen-bond acceptors (Lipinski definition) is 5. The van der Waals surface area contributed by atoms with Crippen molar-refractivity contribution in [3.63, 3.8) is 0 Å². The summed E-state index contributed by atoms with van der Waals surface area (Å²) in [7, 11) is 3.31. The summed E-state index contributed by atoms with van der Waals surface area (Å²) in [5.74, 6) is 7.31. The molecule has 1 aliphatic heterocycles. The monoisotopic (exact) mass is 373 g/mol. The topological polar surface area (TPSA) is 67.6 Å². The van der Waals surface area contributed by atoms with E-state index in [0.29, 0.717) is 28.3 Å². The Bertz CT molecular complexity index is 1080. The number of aromatic nitrogens is 1. The first-order valence-corrected chi connectivity index (χ1v) is 8.77. The van der Waals surface area contributed by atoms with Gasteiger partial charge >= 0.3 is 0 Å². The minimum Gasteiger partial charge on any atom is -0.496 e. The van der Waals surface area contributed by atoms with Gasteiger partial charge in [0, 0.05) is 18.7 Å². The maximum Gasteiger partial charge on any atom is 0.258 e. The Labute approximate surface area is 163 Å². The standard InChI is InChI=1S/C22H19N3O3/c1-22(10-9-15-7-5-4-6-8-15)24-18-12-19(27-3)17(20-13-23-14-28-20)11-16(18)21(26)25(22)2/h4-8,11-14,24H,1-3H3. The maximum absolute atomic E-state index is 13.1. The van der Waals surface area contributed by atoms with E-state index in [4.69, 9.17) is 9.15 Å². The van der Waals surface area contributed by atoms with Crippen LogP contribution in [0.4, 0.5) is 5.69 Å². The molecule has 4 rings (SSSR count). The third kappa shape index (κ3) is 2.97. The van der Waals surface area contributed by atoms with Crippen LogP contribution < -0.4 is 10.1 Å². The summed E-state index contributed by atoms with van der Waals surface area (Å²) in [6.07, 6.45) is 2.93. The maximum atomic E-state index is 13.1. The number of fused-ring (bicyclic) bond motifs is 1. The van der Waals surface area contributed by atoms with E-state index in [0.717, 1.165) is 5.56 Å². The number of oxazole rings is 1. The molecule has 140 valence electrons. The van der Waals surface area contributed by atoms with Gasteiger partial charge in [-0.05, 0) is 31.0 Å². The third-order valence-corrected chi connectivity index (χ3v) is 4.85. The lowest BCUT2D eigenvalue weighted by Gasteiger charge is -2.41. The van der Waals surface area contributed by atoms with Crippen LogP contribution in [0.5, 0.6) is 5.75 Å². The van der Waals surface area contributed by atoms with Crippen LogP contribution >= 0.6 is 0 Å². The smallest absolute Gasteiger partial charge is 0.258 e. The molecule has 1 unspecified atom stereocenters. The molecule has 2 heterocycles. The van der Waals surface area contributed by atoms with E-state index in [-0.39, 0.29) is 5.91 Å². The number of benzene rings is 2. The van der Waals surface area contributed by atoms with Crippen molar-refractivity contribution in [2.24, 2.45) is 0 Å². The SMILES string of the molecule is COc1cc2c(cc1-c1cnco1)C(=O)N(C)C(C)(C#Cc1ccccc1)N2. The Morgan fingerprint density at radius 3 is 2.68 bits per heavy atom. The van der Waals surface area contributed by atoms with Gasteiger partial charge in [0.05, 0.1) is 30.1 Å². The highest BCUT2D eigenvalue weighted by atomic mass is 16.5. The highest BCUT2D eigenvalue weighted by molar-refractivity contribution is 6.04. The van der Waals surface area contributed by atoms with Crippen LogP contribution in [0.1, 0.15) is 22.8 Å². The number of hydrogen-bond donors (Lipinski definition) is 1. The fraction of sp³-hybridized carbons (Fsp3) is 0.182. The van der Waals surface area contributed by atoms with Gasteiger partial charge in [0.2, 0.25) is 0 Å². The fourth-order valence-electron chi connectivity index (χ4n) is 3.13. The predicted molar refractivity (Wildman–Crippen MR) is 106 cm³/mol. The molecule has 0 spiro atoms. The molecule has 0 fully saturated rings. The van der Waals surface area contributed by atoms with Crippen LogP contribution in [-0.4, -0.2) is 35.6 Å². The first-order chi connectivity index (χ1) is 13.5. The van der Waals surface area contributed by atoms with Crippen molar-refractivity contribution in [1.29, 1.82) is 0 Å². The zero-order valence-corrected chi connectivity index (χ0v) is 15.8. The molecule has 1 atom stereocenters. The zero-order chi connectivity index (χ0) is 19.7. The second-order valence-electron chi connectivity index (χ2n) is 6.64. The number of carbonyl (C=O) groups excluding carboxylic acids is 1. The van der Waals surface area contributed by atoms with E-state index in [1.165, 1.54) is 6.39 Å². The first-order valence-electron chi connectivity index (χ1n) is 8.77. The van der Waals surface area contributed by atoms with Crippen LogP contribution in [0.2, 0.25) is 0 Å². The van der Waals surface area contributed by atoms with Crippen molar-refractivity contribution < 1.29 is 13.9 Å². The van der Waals surface area contributed by atoms with Crippen molar-refractivity contribution in [1.82, 2.24) is 9.88 Å². The summed E-state index contributed by atoms with van der Waals surface area (Å²) in [5, 5.41) is 3.38. The molecule has 1 aliphatic rings. The molecule has 1 N–H and O–H groups in total. The molecule has 1 aromatic heterocycles. The number of amides is 1. The van der Waals surface area contributed by atoms with Gasteiger partial charge in [-0.3, -0.25) is 4.79 Å². The van der Waals surface area contributed by atoms with Gasteiger partial charge in [0.25, 0.3) is 5.91 Å². The summed E-state index contributed by atoms with van der Waals surface area (Å²) >= 11 is 0. The van der Waals surface area contributed by atoms with Gasteiger partial charge in [-0.25, -0.2) is 4.98 Å². The van der Waals surface area contributed by atoms with Gasteiger partial charge in [0.15, 0.2) is 17.8 Å². The number of anilines is 1. The highest BCUT2D eigenvalue weighted by Gasteiger charge is 2.38. The normalized spacial score (nSPS) is 18.0. The average molecular weight is 373 g/mol. The minimum absolute atomic E-state index is 0.137. The van der Waals surface area contributed by atoms with Crippen LogP contribution in [0.25, 0.3) is 11.3 Å². The molecule has 0 radical (unpaired) electrons. The Morgan fingerprint density at radius 1 is 1.21 bits per heavy atom. The van der Waals surface area contributed by atoms with Crippen LogP contribution in [-0.2, 0) is 0 Å². The average Bonchev–Trinajstić information content (AvgIpc) is 3.25. The molecule has 6 heteroatoms. The molecule has 0 bridgehead atoms. The van der Waals surface area contributed by atoms with Gasteiger partial charge < -0.3 is 19.4 Å². The summed E-state index contributed by atoms with van der Waals surface area (Å²) in [6, 6.07) is 13.2. The molecule has 0 aliphatic carbocycles. The lowest BCUT2D eigenvalue weighted by molar-refractivity contribution is 0.0693. The summed E-state index contributed by atoms with van der Waals surface area (Å²) in [5.41, 5.74) is 1.87. The molecule has 6 nitrogen and oxygen atoms in total. The van der Waals surface area contributed by atoms with E-state index < -0.39 is 5.66 Å². The first kappa shape index (κ1) is 17.7. The molecule has 1 amide bonds. The number of nitrogens with one attached hydrogen (secondary N) is 1. The molecule has 0 saturated carbocycles. The number of nitrogens with zero attached hydrogens (tertiary/aromatic N) is 2. The fourth-order valence-corrected chi connectivity index (χ4v) is 3.13. The molecule has 28 heavy (non-hydrogen) atoms. The van der Waals surface area contributed by atoms with Gasteiger partial charge in [0.1, 0.15) is 5.75 Å². The highest BCUT2D eigenvalue weighted by Crippen LogP contribution is 2.39. The Hall–Kier alpha value is -3.72. The van der Waals surface area contributed by atoms with E-state index in [2.05, 4.69) is 22.1 Å². The van der Waals surface area contributed by atoms with Crippen molar-refractivity contribution in [2.75, 3.05) is 19.5 Å². The largest absolute Gasteiger partial charge is 0.496 e. The zero-order valence-electron chi connectivity index (χ0n) is 15.8. The number of carbonyl (C=O) groups is 1. The van der Waals surface area contributed by atoms with E-state index in [9.17, 15) is 4.79 Å². The van der Waals surface area contributed by atoms with Crippen molar-refractivity contribution in [2.45, 2.75) is 12.6 Å². The predicted octanol–water partition coefficient (Wildman–Crippen LogP) is 3.62. The van der Waals surface area contributed by atoms with Gasteiger partial charge in [-0.1, -0.05) is 24.1 Å². The molecule has 0 saturated heterocycles. The second-order valence-corrected chi connectivity index (χ2v) is 6.64. The second kappa shape index (κ2) is 6.78. The summed E-state index contributed by atoms with van der Waals surface area (Å²) < 4.78 is 10.9. The molecular weight excluding hydrogens is 354 g/mol. The molecule has 2 aromatic carbocycles. The Balaban J connectivity index is 1.77. The molecular formula is C22H19N3O3. The van der Waals surface area contributed by atoms with Gasteiger partial charge in [-0.15, -0.1) is 0 Å². The van der Waals surface area contributed by atoms with E-state index in [1.807, 2.05) is 37.3 Å². The van der Waals surface area contributed by atoms with E-state index >= 15 is 0 Å². The van der Waals surface area contributed by atoms with Gasteiger partial charge in [-0.2, -0.15) is 0 Å². The van der Waals surface area contributed by atoms with Crippen molar-refractivity contribution >= 4 is 11.6 Å². The van der Waals surface area contributed by atoms with Crippen LogP contribution in [0.15, 0.2) is 59.5 Å². The Kier molecular flexibility index (Phi) is 4.28. The number of ether oxygens (including phenoxy) is 1. The summed E-state index contributed by atoms with van der Waals surface area (Å²) in [6.45, 7) is 1.88. The number of methoxy groups -OCH3 is 1. The van der Waals surface area contributed by atoms with Crippen LogP contribution in [0, 0.1) is 11.8 Å². The minimum atomic E-state index is -0.862. The summed E-state index contributed by atoms with van der Waals surface area (Å²) in [4.78, 5) is 18.6.